The van der Waals surface area contributed by atoms with E-state index in [9.17, 15) is 18.0 Å². The average Bonchev–Trinajstić information content (AvgIpc) is 2.53. The molecule has 0 aromatic heterocycles. The van der Waals surface area contributed by atoms with E-state index in [1.54, 1.807) is 12.0 Å². The summed E-state index contributed by atoms with van der Waals surface area (Å²) in [6, 6.07) is 4.88. The summed E-state index contributed by atoms with van der Waals surface area (Å²) >= 11 is 0. The van der Waals surface area contributed by atoms with Gasteiger partial charge in [0.2, 0.25) is 5.91 Å². The molecule has 1 aliphatic rings. The van der Waals surface area contributed by atoms with Crippen LogP contribution in [0.2, 0.25) is 0 Å². The number of alkyl halides is 3. The van der Waals surface area contributed by atoms with Gasteiger partial charge < -0.3 is 14.4 Å². The van der Waals surface area contributed by atoms with Crippen molar-refractivity contribution in [2.45, 2.75) is 31.5 Å². The summed E-state index contributed by atoms with van der Waals surface area (Å²) in [7, 11) is 1.54. The number of piperidine rings is 1. The van der Waals surface area contributed by atoms with E-state index in [1.165, 1.54) is 12.1 Å². The van der Waals surface area contributed by atoms with Crippen molar-refractivity contribution in [1.29, 1.82) is 0 Å². The Hall–Kier alpha value is -1.76. The van der Waals surface area contributed by atoms with E-state index in [2.05, 4.69) is 0 Å². The van der Waals surface area contributed by atoms with Gasteiger partial charge in [0.25, 0.3) is 0 Å². The molecule has 23 heavy (non-hydrogen) atoms. The molecule has 0 atom stereocenters. The first-order valence-corrected chi connectivity index (χ1v) is 7.51. The molecule has 128 valence electrons. The predicted octanol–water partition coefficient (Wildman–Crippen LogP) is 3.11. The number of halogens is 3. The van der Waals surface area contributed by atoms with Crippen molar-refractivity contribution in [2.75, 3.05) is 26.8 Å². The molecular formula is C16H20F3NO3. The van der Waals surface area contributed by atoms with E-state index < -0.39 is 11.7 Å². The van der Waals surface area contributed by atoms with Crippen LogP contribution >= 0.6 is 0 Å². The second-order valence-electron chi connectivity index (χ2n) is 5.47. The molecule has 0 saturated carbocycles. The van der Waals surface area contributed by atoms with Gasteiger partial charge in [-0.3, -0.25) is 4.79 Å². The molecule has 0 radical (unpaired) electrons. The Morgan fingerprint density at radius 3 is 2.61 bits per heavy atom. The topological polar surface area (TPSA) is 38.8 Å². The first kappa shape index (κ1) is 17.6. The van der Waals surface area contributed by atoms with Crippen LogP contribution in [0.1, 0.15) is 24.8 Å². The Morgan fingerprint density at radius 2 is 2.00 bits per heavy atom. The number of carbonyl (C=O) groups is 1. The summed E-state index contributed by atoms with van der Waals surface area (Å²) in [5.74, 6) is 0.244. The smallest absolute Gasteiger partial charge is 0.416 e. The van der Waals surface area contributed by atoms with Crippen LogP contribution in [0.25, 0.3) is 0 Å². The number of carbonyl (C=O) groups excluding carboxylic acids is 1. The maximum atomic E-state index is 12.7. The van der Waals surface area contributed by atoms with Crippen molar-refractivity contribution >= 4 is 5.91 Å². The van der Waals surface area contributed by atoms with E-state index in [4.69, 9.17) is 9.47 Å². The zero-order valence-electron chi connectivity index (χ0n) is 12.9. The predicted molar refractivity (Wildman–Crippen MR) is 78.2 cm³/mol. The molecule has 7 heteroatoms. The average molecular weight is 331 g/mol. The van der Waals surface area contributed by atoms with Crippen molar-refractivity contribution in [3.63, 3.8) is 0 Å². The minimum absolute atomic E-state index is 0.0318. The highest BCUT2D eigenvalue weighted by Gasteiger charge is 2.31. The quantitative estimate of drug-likeness (QED) is 0.832. The zero-order valence-corrected chi connectivity index (χ0v) is 12.9. The van der Waals surface area contributed by atoms with E-state index in [1.807, 2.05) is 0 Å². The molecule has 1 aromatic rings. The maximum Gasteiger partial charge on any atom is 0.416 e. The lowest BCUT2D eigenvalue weighted by Gasteiger charge is -2.32. The summed E-state index contributed by atoms with van der Waals surface area (Å²) in [5.41, 5.74) is -0.720. The van der Waals surface area contributed by atoms with Crippen LogP contribution in [-0.2, 0) is 15.7 Å². The molecular weight excluding hydrogens is 311 g/mol. The minimum Gasteiger partial charge on any atom is -0.490 e. The number of amides is 1. The molecule has 1 aromatic carbocycles. The van der Waals surface area contributed by atoms with E-state index in [0.29, 0.717) is 39.0 Å². The Kier molecular flexibility index (Phi) is 5.87. The molecule has 1 amide bonds. The minimum atomic E-state index is -4.38. The van der Waals surface area contributed by atoms with Crippen LogP contribution in [-0.4, -0.2) is 43.7 Å². The van der Waals surface area contributed by atoms with Gasteiger partial charge in [-0.15, -0.1) is 0 Å². The SMILES string of the molecule is COCCC(=O)N1CCC(Oc2cccc(C(F)(F)F)c2)CC1. The number of benzene rings is 1. The molecule has 0 unspecified atom stereocenters. The molecule has 4 nitrogen and oxygen atoms in total. The largest absolute Gasteiger partial charge is 0.490 e. The van der Waals surface area contributed by atoms with Crippen LogP contribution in [0.3, 0.4) is 0 Å². The summed E-state index contributed by atoms with van der Waals surface area (Å²) in [5, 5.41) is 0. The number of nitrogens with zero attached hydrogens (tertiary/aromatic N) is 1. The second-order valence-corrected chi connectivity index (χ2v) is 5.47. The number of rotatable bonds is 5. The van der Waals surface area contributed by atoms with Crippen LogP contribution in [0, 0.1) is 0 Å². The fourth-order valence-corrected chi connectivity index (χ4v) is 2.51. The van der Waals surface area contributed by atoms with Gasteiger partial charge >= 0.3 is 6.18 Å². The molecule has 0 spiro atoms. The van der Waals surface area contributed by atoms with E-state index in [-0.39, 0.29) is 17.8 Å². The van der Waals surface area contributed by atoms with Gasteiger partial charge in [-0.25, -0.2) is 0 Å². The van der Waals surface area contributed by atoms with E-state index in [0.717, 1.165) is 12.1 Å². The first-order chi connectivity index (χ1) is 10.9. The van der Waals surface area contributed by atoms with Gasteiger partial charge in [-0.1, -0.05) is 6.07 Å². The third-order valence-corrected chi connectivity index (χ3v) is 3.78. The molecule has 1 saturated heterocycles. The van der Waals surface area contributed by atoms with Crippen molar-refractivity contribution in [3.8, 4) is 5.75 Å². The Labute approximate surface area is 133 Å². The van der Waals surface area contributed by atoms with Crippen molar-refractivity contribution < 1.29 is 27.4 Å². The lowest BCUT2D eigenvalue weighted by atomic mass is 10.1. The first-order valence-electron chi connectivity index (χ1n) is 7.51. The van der Waals surface area contributed by atoms with Crippen LogP contribution in [0.5, 0.6) is 5.75 Å². The second kappa shape index (κ2) is 7.68. The third kappa shape index (κ3) is 5.13. The van der Waals surface area contributed by atoms with Crippen molar-refractivity contribution in [2.24, 2.45) is 0 Å². The maximum absolute atomic E-state index is 12.7. The van der Waals surface area contributed by atoms with Gasteiger partial charge in [-0.2, -0.15) is 13.2 Å². The summed E-state index contributed by atoms with van der Waals surface area (Å²) in [4.78, 5) is 13.6. The molecule has 0 aliphatic carbocycles. The van der Waals surface area contributed by atoms with Gasteiger partial charge in [0.1, 0.15) is 11.9 Å². The Morgan fingerprint density at radius 1 is 1.30 bits per heavy atom. The third-order valence-electron chi connectivity index (χ3n) is 3.78. The Balaban J connectivity index is 1.86. The van der Waals surface area contributed by atoms with Crippen LogP contribution in [0.4, 0.5) is 13.2 Å². The lowest BCUT2D eigenvalue weighted by molar-refractivity contribution is -0.138. The Bertz CT molecular complexity index is 526. The fraction of sp³-hybridized carbons (Fsp3) is 0.562. The summed E-state index contributed by atoms with van der Waals surface area (Å²) in [6.45, 7) is 1.48. The molecule has 0 bridgehead atoms. The molecule has 1 aliphatic heterocycles. The van der Waals surface area contributed by atoms with E-state index >= 15 is 0 Å². The lowest BCUT2D eigenvalue weighted by Crippen LogP contribution is -2.42. The summed E-state index contributed by atoms with van der Waals surface area (Å²) in [6.07, 6.45) is -3.00. The number of ether oxygens (including phenoxy) is 2. The van der Waals surface area contributed by atoms with Crippen molar-refractivity contribution in [3.05, 3.63) is 29.8 Å². The monoisotopic (exact) mass is 331 g/mol. The normalized spacial score (nSPS) is 16.4. The highest BCUT2D eigenvalue weighted by molar-refractivity contribution is 5.76. The fourth-order valence-electron chi connectivity index (χ4n) is 2.51. The number of hydrogen-bond donors (Lipinski definition) is 0. The van der Waals surface area contributed by atoms with Gasteiger partial charge in [-0.05, 0) is 18.2 Å². The molecule has 1 heterocycles. The highest BCUT2D eigenvalue weighted by atomic mass is 19.4. The van der Waals surface area contributed by atoms with Gasteiger partial charge in [0, 0.05) is 33.0 Å². The summed E-state index contributed by atoms with van der Waals surface area (Å²) < 4.78 is 48.6. The molecule has 0 N–H and O–H groups in total. The number of hydrogen-bond acceptors (Lipinski definition) is 3. The number of likely N-dealkylation sites (tertiary alicyclic amines) is 1. The molecule has 1 fully saturated rings. The number of methoxy groups -OCH3 is 1. The standard InChI is InChI=1S/C16H20F3NO3/c1-22-10-7-15(21)20-8-5-13(6-9-20)23-14-4-2-3-12(11-14)16(17,18)19/h2-4,11,13H,5-10H2,1H3. The van der Waals surface area contributed by atoms with Crippen LogP contribution < -0.4 is 4.74 Å². The van der Waals surface area contributed by atoms with Gasteiger partial charge in [0.15, 0.2) is 0 Å². The molecule has 2 rings (SSSR count). The van der Waals surface area contributed by atoms with Crippen LogP contribution in [0.15, 0.2) is 24.3 Å². The zero-order chi connectivity index (χ0) is 16.9. The highest BCUT2D eigenvalue weighted by Crippen LogP contribution is 2.32. The van der Waals surface area contributed by atoms with Gasteiger partial charge in [0.05, 0.1) is 18.6 Å². The van der Waals surface area contributed by atoms with Crippen molar-refractivity contribution in [1.82, 2.24) is 4.90 Å².